The van der Waals surface area contributed by atoms with Crippen LogP contribution in [0.15, 0.2) is 66.7 Å². The number of rotatable bonds is 6. The molecule has 154 valence electrons. The van der Waals surface area contributed by atoms with E-state index in [1.807, 2.05) is 0 Å². The highest BCUT2D eigenvalue weighted by Gasteiger charge is 2.16. The molecule has 0 heterocycles. The summed E-state index contributed by atoms with van der Waals surface area (Å²) in [6.45, 7) is 1.00. The van der Waals surface area contributed by atoms with Crippen LogP contribution in [0, 0.1) is 11.6 Å². The summed E-state index contributed by atoms with van der Waals surface area (Å²) in [5, 5.41) is 11.8. The lowest BCUT2D eigenvalue weighted by Crippen LogP contribution is -2.31. The lowest BCUT2D eigenvalue weighted by atomic mass is 10.0. The molecule has 3 aromatic rings. The number of benzene rings is 3. The Labute approximate surface area is 171 Å². The number of aromatic hydroxyl groups is 1. The molecule has 0 aliphatic heterocycles. The van der Waals surface area contributed by atoms with E-state index in [2.05, 4.69) is 5.32 Å². The van der Waals surface area contributed by atoms with Gasteiger partial charge in [-0.25, -0.2) is 13.6 Å². The summed E-state index contributed by atoms with van der Waals surface area (Å²) < 4.78 is 31.8. The van der Waals surface area contributed by atoms with Crippen molar-refractivity contribution in [2.75, 3.05) is 6.61 Å². The Morgan fingerprint density at radius 3 is 2.17 bits per heavy atom. The topological polar surface area (TPSA) is 75.6 Å². The van der Waals surface area contributed by atoms with Crippen molar-refractivity contribution in [1.82, 2.24) is 5.32 Å². The fraction of sp³-hybridized carbons (Fsp3) is 0.130. The highest BCUT2D eigenvalue weighted by Crippen LogP contribution is 2.22. The molecule has 2 N–H and O–H groups in total. The van der Waals surface area contributed by atoms with Crippen LogP contribution >= 0.6 is 0 Å². The zero-order valence-electron chi connectivity index (χ0n) is 16.1. The highest BCUT2D eigenvalue weighted by atomic mass is 19.1. The predicted molar refractivity (Wildman–Crippen MR) is 107 cm³/mol. The first-order chi connectivity index (χ1) is 14.3. The van der Waals surface area contributed by atoms with E-state index in [0.29, 0.717) is 0 Å². The van der Waals surface area contributed by atoms with Crippen LogP contribution in [0.3, 0.4) is 0 Å². The molecule has 0 saturated carbocycles. The Hall–Kier alpha value is -3.74. The Morgan fingerprint density at radius 2 is 1.57 bits per heavy atom. The fourth-order valence-corrected chi connectivity index (χ4v) is 2.88. The number of phenols is 1. The van der Waals surface area contributed by atoms with Gasteiger partial charge in [0.1, 0.15) is 17.4 Å². The van der Waals surface area contributed by atoms with Gasteiger partial charge in [-0.05, 0) is 48.4 Å². The second-order valence-corrected chi connectivity index (χ2v) is 6.66. The van der Waals surface area contributed by atoms with Crippen molar-refractivity contribution < 1.29 is 28.2 Å². The molecule has 0 bridgehead atoms. The van der Waals surface area contributed by atoms with Crippen LogP contribution in [0.5, 0.6) is 5.75 Å². The number of esters is 1. The van der Waals surface area contributed by atoms with Gasteiger partial charge >= 0.3 is 5.97 Å². The van der Waals surface area contributed by atoms with Crippen LogP contribution in [0.1, 0.15) is 28.9 Å². The lowest BCUT2D eigenvalue weighted by Gasteiger charge is -2.15. The summed E-state index contributed by atoms with van der Waals surface area (Å²) in [5.41, 5.74) is 2.11. The second kappa shape index (κ2) is 9.17. The Balaban J connectivity index is 1.54. The van der Waals surface area contributed by atoms with E-state index in [1.165, 1.54) is 13.0 Å². The van der Waals surface area contributed by atoms with E-state index >= 15 is 0 Å². The molecule has 0 saturated heterocycles. The van der Waals surface area contributed by atoms with Crippen LogP contribution in [0.2, 0.25) is 0 Å². The van der Waals surface area contributed by atoms with Crippen LogP contribution in [0.4, 0.5) is 8.78 Å². The van der Waals surface area contributed by atoms with Crippen molar-refractivity contribution in [2.45, 2.75) is 13.0 Å². The van der Waals surface area contributed by atoms with E-state index < -0.39 is 36.2 Å². The van der Waals surface area contributed by atoms with Gasteiger partial charge in [-0.2, -0.15) is 0 Å². The number of nitrogens with one attached hydrogen (secondary N) is 1. The van der Waals surface area contributed by atoms with Crippen molar-refractivity contribution in [3.63, 3.8) is 0 Å². The molecule has 0 radical (unpaired) electrons. The van der Waals surface area contributed by atoms with E-state index in [4.69, 9.17) is 4.74 Å². The van der Waals surface area contributed by atoms with Gasteiger partial charge in [0.15, 0.2) is 6.61 Å². The minimum atomic E-state index is -0.770. The average Bonchev–Trinajstić information content (AvgIpc) is 2.72. The number of halogens is 2. The third-order valence-electron chi connectivity index (χ3n) is 4.46. The SMILES string of the molecule is C[C@H](NC(=O)COC(=O)c1ccc(-c2ccc(O)cc2)cc1)c1ccc(F)cc1F. The van der Waals surface area contributed by atoms with E-state index in [9.17, 15) is 23.5 Å². The van der Waals surface area contributed by atoms with Gasteiger partial charge in [-0.3, -0.25) is 4.79 Å². The van der Waals surface area contributed by atoms with Crippen LogP contribution in [-0.2, 0) is 9.53 Å². The number of phenolic OH excluding ortho intramolecular Hbond substituents is 1. The normalized spacial score (nSPS) is 11.6. The van der Waals surface area contributed by atoms with Gasteiger partial charge in [0.2, 0.25) is 0 Å². The standard InChI is InChI=1S/C23H19F2NO4/c1-14(20-11-8-18(24)12-21(20)25)26-22(28)13-30-23(29)17-4-2-15(3-5-17)16-6-9-19(27)10-7-16/h2-12,14,27H,13H2,1H3,(H,26,28)/t14-/m0/s1. The smallest absolute Gasteiger partial charge is 0.338 e. The predicted octanol–water partition coefficient (Wildman–Crippen LogP) is 4.37. The molecule has 1 amide bonds. The van der Waals surface area contributed by atoms with Crippen molar-refractivity contribution in [1.29, 1.82) is 0 Å². The van der Waals surface area contributed by atoms with Gasteiger partial charge in [-0.15, -0.1) is 0 Å². The van der Waals surface area contributed by atoms with Crippen molar-refractivity contribution in [3.05, 3.63) is 89.5 Å². The molecule has 5 nitrogen and oxygen atoms in total. The van der Waals surface area contributed by atoms with Gasteiger partial charge in [0, 0.05) is 11.6 Å². The Bertz CT molecular complexity index is 1050. The minimum absolute atomic E-state index is 0.126. The summed E-state index contributed by atoms with van der Waals surface area (Å²) in [6, 6.07) is 15.6. The van der Waals surface area contributed by atoms with Gasteiger partial charge in [0.25, 0.3) is 5.91 Å². The molecule has 0 fully saturated rings. The first-order valence-corrected chi connectivity index (χ1v) is 9.14. The molecule has 30 heavy (non-hydrogen) atoms. The number of carbonyl (C=O) groups is 2. The average molecular weight is 411 g/mol. The monoisotopic (exact) mass is 411 g/mol. The highest BCUT2D eigenvalue weighted by molar-refractivity contribution is 5.92. The molecule has 0 aliphatic rings. The van der Waals surface area contributed by atoms with Crippen molar-refractivity contribution in [3.8, 4) is 16.9 Å². The first-order valence-electron chi connectivity index (χ1n) is 9.14. The maximum atomic E-state index is 13.8. The molecule has 3 aromatic carbocycles. The largest absolute Gasteiger partial charge is 0.508 e. The number of hydrogen-bond donors (Lipinski definition) is 2. The van der Waals surface area contributed by atoms with Gasteiger partial charge in [0.05, 0.1) is 11.6 Å². The molecule has 0 aliphatic carbocycles. The Kier molecular flexibility index (Phi) is 6.41. The summed E-state index contributed by atoms with van der Waals surface area (Å²) in [6.07, 6.45) is 0. The molecule has 0 unspecified atom stereocenters. The maximum absolute atomic E-state index is 13.8. The molecule has 1 atom stereocenters. The van der Waals surface area contributed by atoms with E-state index in [0.717, 1.165) is 23.3 Å². The summed E-state index contributed by atoms with van der Waals surface area (Å²) in [4.78, 5) is 24.2. The number of carbonyl (C=O) groups excluding carboxylic acids is 2. The van der Waals surface area contributed by atoms with Gasteiger partial charge in [-0.1, -0.05) is 30.3 Å². The summed E-state index contributed by atoms with van der Waals surface area (Å²) >= 11 is 0. The molecule has 3 rings (SSSR count). The Morgan fingerprint density at radius 1 is 0.967 bits per heavy atom. The zero-order valence-corrected chi connectivity index (χ0v) is 16.1. The first kappa shape index (κ1) is 21.0. The molecular formula is C23H19F2NO4. The molecule has 0 spiro atoms. The van der Waals surface area contributed by atoms with Crippen molar-refractivity contribution >= 4 is 11.9 Å². The summed E-state index contributed by atoms with van der Waals surface area (Å²) in [5.74, 6) is -2.61. The third kappa shape index (κ3) is 5.20. The van der Waals surface area contributed by atoms with E-state index in [1.54, 1.807) is 48.5 Å². The molecule has 0 aromatic heterocycles. The van der Waals surface area contributed by atoms with Gasteiger partial charge < -0.3 is 15.2 Å². The van der Waals surface area contributed by atoms with Crippen LogP contribution in [0.25, 0.3) is 11.1 Å². The number of amides is 1. The minimum Gasteiger partial charge on any atom is -0.508 e. The van der Waals surface area contributed by atoms with Crippen LogP contribution in [-0.4, -0.2) is 23.6 Å². The fourth-order valence-electron chi connectivity index (χ4n) is 2.88. The maximum Gasteiger partial charge on any atom is 0.338 e. The van der Waals surface area contributed by atoms with Crippen LogP contribution < -0.4 is 5.32 Å². The lowest BCUT2D eigenvalue weighted by molar-refractivity contribution is -0.124. The molecule has 7 heteroatoms. The van der Waals surface area contributed by atoms with E-state index in [-0.39, 0.29) is 16.9 Å². The quantitative estimate of drug-likeness (QED) is 0.591. The van der Waals surface area contributed by atoms with Crippen molar-refractivity contribution in [2.24, 2.45) is 0 Å². The zero-order chi connectivity index (χ0) is 21.7. The number of ether oxygens (including phenoxy) is 1. The second-order valence-electron chi connectivity index (χ2n) is 6.66. The number of hydrogen-bond acceptors (Lipinski definition) is 4. The third-order valence-corrected chi connectivity index (χ3v) is 4.46. The molecular weight excluding hydrogens is 392 g/mol. The summed E-state index contributed by atoms with van der Waals surface area (Å²) in [7, 11) is 0.